The first-order chi connectivity index (χ1) is 12.5. The zero-order chi connectivity index (χ0) is 18.0. The Kier molecular flexibility index (Phi) is 3.53. The Morgan fingerprint density at radius 1 is 1.00 bits per heavy atom. The van der Waals surface area contributed by atoms with Crippen molar-refractivity contribution in [3.8, 4) is 5.75 Å². The molecule has 3 aromatic rings. The monoisotopic (exact) mass is 347 g/mol. The smallest absolute Gasteiger partial charge is 0.122 e. The summed E-state index contributed by atoms with van der Waals surface area (Å²) in [6.45, 7) is 6.01. The molecule has 1 N–H and O–H groups in total. The number of hydrogen-bond donors (Lipinski definition) is 1. The maximum atomic E-state index is 10.2. The number of benzene rings is 3. The lowest BCUT2D eigenvalue weighted by molar-refractivity contribution is 0.171. The third-order valence-corrected chi connectivity index (χ3v) is 6.32. The summed E-state index contributed by atoms with van der Waals surface area (Å²) >= 11 is 0. The molecule has 0 amide bonds. The summed E-state index contributed by atoms with van der Waals surface area (Å²) in [7, 11) is 1.75. The molecule has 134 valence electrons. The molecule has 1 saturated heterocycles. The van der Waals surface area contributed by atoms with E-state index in [9.17, 15) is 5.11 Å². The first kappa shape index (κ1) is 16.1. The summed E-state index contributed by atoms with van der Waals surface area (Å²) in [6, 6.07) is 11.8. The Labute approximate surface area is 154 Å². The summed E-state index contributed by atoms with van der Waals surface area (Å²) in [5.74, 6) is 0.959. The van der Waals surface area contributed by atoms with Gasteiger partial charge in [0.1, 0.15) is 5.75 Å². The molecule has 3 nitrogen and oxygen atoms in total. The number of fused-ring (bicyclic) bond motifs is 7. The Bertz CT molecular complexity index is 1040. The molecule has 5 rings (SSSR count). The van der Waals surface area contributed by atoms with Gasteiger partial charge in [0.05, 0.1) is 13.2 Å². The van der Waals surface area contributed by atoms with Gasteiger partial charge in [0, 0.05) is 19.1 Å². The van der Waals surface area contributed by atoms with E-state index in [1.54, 1.807) is 7.11 Å². The van der Waals surface area contributed by atoms with Crippen molar-refractivity contribution in [1.29, 1.82) is 0 Å². The van der Waals surface area contributed by atoms with Crippen LogP contribution in [0.1, 0.15) is 28.7 Å². The van der Waals surface area contributed by atoms with E-state index in [-0.39, 0.29) is 6.10 Å². The Morgan fingerprint density at radius 3 is 2.62 bits per heavy atom. The molecule has 0 aliphatic carbocycles. The molecule has 0 radical (unpaired) electrons. The molecule has 0 unspecified atom stereocenters. The van der Waals surface area contributed by atoms with Gasteiger partial charge in [-0.25, -0.2) is 0 Å². The van der Waals surface area contributed by atoms with Crippen molar-refractivity contribution in [2.24, 2.45) is 0 Å². The van der Waals surface area contributed by atoms with Crippen LogP contribution in [0.25, 0.3) is 21.5 Å². The van der Waals surface area contributed by atoms with Gasteiger partial charge < -0.3 is 9.84 Å². The molecule has 3 heteroatoms. The van der Waals surface area contributed by atoms with E-state index in [0.29, 0.717) is 6.04 Å². The van der Waals surface area contributed by atoms with Gasteiger partial charge in [0.15, 0.2) is 0 Å². The number of aliphatic hydroxyl groups excluding tert-OH is 1. The van der Waals surface area contributed by atoms with Crippen molar-refractivity contribution in [2.45, 2.75) is 45.4 Å². The fourth-order valence-electron chi connectivity index (χ4n) is 5.07. The zero-order valence-electron chi connectivity index (χ0n) is 15.7. The van der Waals surface area contributed by atoms with Crippen molar-refractivity contribution >= 4 is 21.5 Å². The average Bonchev–Trinajstić information content (AvgIpc) is 2.99. The maximum Gasteiger partial charge on any atom is 0.122 e. The Hall–Kier alpha value is -2.10. The number of nitrogens with zero attached hydrogens (tertiary/aromatic N) is 1. The van der Waals surface area contributed by atoms with Gasteiger partial charge in [0.25, 0.3) is 0 Å². The average molecular weight is 347 g/mol. The van der Waals surface area contributed by atoms with Crippen LogP contribution in [0, 0.1) is 13.8 Å². The lowest BCUT2D eigenvalue weighted by Gasteiger charge is -2.33. The summed E-state index contributed by atoms with van der Waals surface area (Å²) in [4.78, 5) is 2.46. The SMILES string of the molecule is COc1cc2c3c(c4ccc(C)cc4c2cc1C)CN1C[C@@H](O)C[C@@H]1C3. The van der Waals surface area contributed by atoms with Crippen LogP contribution in [-0.4, -0.2) is 35.8 Å². The van der Waals surface area contributed by atoms with Gasteiger partial charge >= 0.3 is 0 Å². The molecule has 0 aromatic heterocycles. The fraction of sp³-hybridized carbons (Fsp3) is 0.391. The molecule has 1 fully saturated rings. The molecule has 2 aliphatic heterocycles. The molecule has 26 heavy (non-hydrogen) atoms. The van der Waals surface area contributed by atoms with E-state index in [2.05, 4.69) is 49.1 Å². The molecule has 3 aromatic carbocycles. The van der Waals surface area contributed by atoms with Crippen molar-refractivity contribution in [3.63, 3.8) is 0 Å². The number of aliphatic hydroxyl groups is 1. The number of rotatable bonds is 1. The van der Waals surface area contributed by atoms with E-state index >= 15 is 0 Å². The summed E-state index contributed by atoms with van der Waals surface area (Å²) in [5, 5.41) is 15.5. The summed E-state index contributed by atoms with van der Waals surface area (Å²) < 4.78 is 5.63. The molecule has 0 saturated carbocycles. The Balaban J connectivity index is 1.86. The van der Waals surface area contributed by atoms with Crippen molar-refractivity contribution in [2.75, 3.05) is 13.7 Å². The third-order valence-electron chi connectivity index (χ3n) is 6.32. The van der Waals surface area contributed by atoms with Gasteiger partial charge in [-0.2, -0.15) is 0 Å². The maximum absolute atomic E-state index is 10.2. The predicted molar refractivity (Wildman–Crippen MR) is 106 cm³/mol. The number of aryl methyl sites for hydroxylation is 2. The van der Waals surface area contributed by atoms with Gasteiger partial charge in [-0.15, -0.1) is 0 Å². The third kappa shape index (κ3) is 2.27. The van der Waals surface area contributed by atoms with Crippen LogP contribution in [-0.2, 0) is 13.0 Å². The second-order valence-corrected chi connectivity index (χ2v) is 8.05. The Morgan fingerprint density at radius 2 is 1.81 bits per heavy atom. The van der Waals surface area contributed by atoms with Crippen LogP contribution in [0.2, 0.25) is 0 Å². The van der Waals surface area contributed by atoms with Gasteiger partial charge in [0.2, 0.25) is 0 Å². The van der Waals surface area contributed by atoms with Crippen molar-refractivity contribution in [3.05, 3.63) is 52.6 Å². The molecule has 2 aliphatic rings. The minimum atomic E-state index is -0.189. The van der Waals surface area contributed by atoms with Crippen molar-refractivity contribution in [1.82, 2.24) is 4.90 Å². The summed E-state index contributed by atoms with van der Waals surface area (Å²) in [6.07, 6.45) is 1.71. The number of hydrogen-bond acceptors (Lipinski definition) is 3. The minimum Gasteiger partial charge on any atom is -0.496 e. The highest BCUT2D eigenvalue weighted by Crippen LogP contribution is 2.42. The molecular weight excluding hydrogens is 322 g/mol. The predicted octanol–water partition coefficient (Wildman–Crippen LogP) is 4.11. The second kappa shape index (κ2) is 5.70. The van der Waals surface area contributed by atoms with E-state index in [1.165, 1.54) is 43.8 Å². The van der Waals surface area contributed by atoms with Crippen LogP contribution >= 0.6 is 0 Å². The normalized spacial score (nSPS) is 22.6. The molecule has 2 atom stereocenters. The fourth-order valence-corrected chi connectivity index (χ4v) is 5.07. The van der Waals surface area contributed by atoms with Gasteiger partial charge in [-0.3, -0.25) is 4.90 Å². The van der Waals surface area contributed by atoms with E-state index in [0.717, 1.165) is 31.7 Å². The molecular formula is C23H25NO2. The highest BCUT2D eigenvalue weighted by molar-refractivity contribution is 6.11. The van der Waals surface area contributed by atoms with Crippen LogP contribution in [0.5, 0.6) is 5.75 Å². The van der Waals surface area contributed by atoms with E-state index in [1.807, 2.05) is 0 Å². The zero-order valence-corrected chi connectivity index (χ0v) is 15.7. The van der Waals surface area contributed by atoms with E-state index < -0.39 is 0 Å². The molecule has 0 spiro atoms. The van der Waals surface area contributed by atoms with Crippen LogP contribution in [0.15, 0.2) is 30.3 Å². The quantitative estimate of drug-likeness (QED) is 0.673. The lowest BCUT2D eigenvalue weighted by Crippen LogP contribution is -2.35. The van der Waals surface area contributed by atoms with Gasteiger partial charge in [-0.1, -0.05) is 23.8 Å². The highest BCUT2D eigenvalue weighted by Gasteiger charge is 2.36. The number of methoxy groups -OCH3 is 1. The topological polar surface area (TPSA) is 32.7 Å². The largest absolute Gasteiger partial charge is 0.496 e. The molecule has 2 heterocycles. The van der Waals surface area contributed by atoms with Crippen LogP contribution in [0.4, 0.5) is 0 Å². The standard InChI is InChI=1S/C23H25NO2/c1-13-4-5-17-18(6-13)19-7-14(2)23(26-3)10-21(19)20-9-15-8-16(25)11-24(15)12-22(17)20/h4-7,10,15-16,25H,8-9,11-12H2,1-3H3/t15-,16+/m1/s1. The lowest BCUT2D eigenvalue weighted by atomic mass is 9.84. The second-order valence-electron chi connectivity index (χ2n) is 8.05. The van der Waals surface area contributed by atoms with Crippen LogP contribution in [0.3, 0.4) is 0 Å². The van der Waals surface area contributed by atoms with E-state index in [4.69, 9.17) is 4.74 Å². The first-order valence-electron chi connectivity index (χ1n) is 9.49. The van der Waals surface area contributed by atoms with Gasteiger partial charge in [-0.05, 0) is 77.1 Å². The first-order valence-corrected chi connectivity index (χ1v) is 9.49. The minimum absolute atomic E-state index is 0.189. The highest BCUT2D eigenvalue weighted by atomic mass is 16.5. The van der Waals surface area contributed by atoms with Crippen molar-refractivity contribution < 1.29 is 9.84 Å². The van der Waals surface area contributed by atoms with Crippen LogP contribution < -0.4 is 4.74 Å². The summed E-state index contributed by atoms with van der Waals surface area (Å²) in [5.41, 5.74) is 5.35. The molecule has 0 bridgehead atoms. The number of ether oxygens (including phenoxy) is 1.